The van der Waals surface area contributed by atoms with Gasteiger partial charge >= 0.3 is 0 Å². The summed E-state index contributed by atoms with van der Waals surface area (Å²) in [6, 6.07) is 0. The minimum atomic E-state index is 0.196. The van der Waals surface area contributed by atoms with E-state index in [-0.39, 0.29) is 11.8 Å². The number of aromatic amines is 1. The first-order chi connectivity index (χ1) is 11.1. The lowest BCUT2D eigenvalue weighted by Crippen LogP contribution is -2.34. The summed E-state index contributed by atoms with van der Waals surface area (Å²) in [7, 11) is 0. The van der Waals surface area contributed by atoms with Crippen LogP contribution in [0.1, 0.15) is 86.6 Å². The van der Waals surface area contributed by atoms with Crippen LogP contribution in [0.25, 0.3) is 0 Å². The van der Waals surface area contributed by atoms with Crippen molar-refractivity contribution in [2.75, 3.05) is 0 Å². The van der Waals surface area contributed by atoms with Crippen LogP contribution >= 0.6 is 0 Å². The van der Waals surface area contributed by atoms with Crippen LogP contribution in [0.2, 0.25) is 0 Å². The number of carbonyl (C=O) groups excluding carboxylic acids is 1. The summed E-state index contributed by atoms with van der Waals surface area (Å²) in [5.74, 6) is 0.400. The van der Waals surface area contributed by atoms with E-state index in [4.69, 9.17) is 0 Å². The van der Waals surface area contributed by atoms with Gasteiger partial charge < -0.3 is 5.32 Å². The molecule has 4 nitrogen and oxygen atoms in total. The average molecular weight is 326 g/mol. The molecule has 1 aromatic heterocycles. The Bertz CT molecular complexity index is 362. The number of hydrogen-bond acceptors (Lipinski definition) is 2. The first-order valence-corrected chi connectivity index (χ1v) is 9.32. The normalized spacial score (nSPS) is 15.7. The molecular formula is C19H39N3O. The lowest BCUT2D eigenvalue weighted by molar-refractivity contribution is -0.126. The van der Waals surface area contributed by atoms with E-state index in [9.17, 15) is 4.79 Å². The third-order valence-electron chi connectivity index (χ3n) is 3.73. The van der Waals surface area contributed by atoms with Crippen LogP contribution in [0, 0.1) is 11.3 Å². The van der Waals surface area contributed by atoms with Crippen molar-refractivity contribution in [2.45, 2.75) is 87.6 Å². The van der Waals surface area contributed by atoms with Crippen molar-refractivity contribution in [3.8, 4) is 0 Å². The largest absolute Gasteiger partial charge is 0.352 e. The van der Waals surface area contributed by atoms with Crippen LogP contribution < -0.4 is 5.32 Å². The smallest absolute Gasteiger partial charge is 0.223 e. The van der Waals surface area contributed by atoms with Crippen molar-refractivity contribution in [1.82, 2.24) is 15.5 Å². The van der Waals surface area contributed by atoms with Crippen LogP contribution in [0.15, 0.2) is 12.4 Å². The summed E-state index contributed by atoms with van der Waals surface area (Å²) < 4.78 is 0. The molecule has 0 unspecified atom stereocenters. The quantitative estimate of drug-likeness (QED) is 0.790. The SMILES string of the molecule is CC.CC.CC.CC1(C)CCC(C(=O)NCc2cn[nH]c2)CC1. The number of nitrogens with zero attached hydrogens (tertiary/aromatic N) is 1. The molecule has 1 fully saturated rings. The molecule has 0 aliphatic heterocycles. The van der Waals surface area contributed by atoms with Crippen molar-refractivity contribution in [1.29, 1.82) is 0 Å². The maximum atomic E-state index is 12.0. The van der Waals surface area contributed by atoms with Crippen molar-refractivity contribution in [3.63, 3.8) is 0 Å². The Balaban J connectivity index is 0. The van der Waals surface area contributed by atoms with Gasteiger partial charge in [-0.15, -0.1) is 0 Å². The van der Waals surface area contributed by atoms with Crippen LogP contribution in [0.5, 0.6) is 0 Å². The number of carbonyl (C=O) groups is 1. The van der Waals surface area contributed by atoms with Crippen LogP contribution in [0.3, 0.4) is 0 Å². The third-order valence-corrected chi connectivity index (χ3v) is 3.73. The lowest BCUT2D eigenvalue weighted by Gasteiger charge is -2.33. The fourth-order valence-electron chi connectivity index (χ4n) is 2.37. The van der Waals surface area contributed by atoms with Crippen molar-refractivity contribution < 1.29 is 4.79 Å². The zero-order chi connectivity index (χ0) is 18.3. The van der Waals surface area contributed by atoms with E-state index in [1.165, 1.54) is 0 Å². The van der Waals surface area contributed by atoms with Crippen LogP contribution in [-0.4, -0.2) is 16.1 Å². The average Bonchev–Trinajstić information content (AvgIpc) is 3.12. The van der Waals surface area contributed by atoms with Crippen LogP contribution in [-0.2, 0) is 11.3 Å². The molecule has 23 heavy (non-hydrogen) atoms. The first-order valence-electron chi connectivity index (χ1n) is 9.32. The molecule has 0 spiro atoms. The lowest BCUT2D eigenvalue weighted by atomic mass is 9.73. The third kappa shape index (κ3) is 10.1. The number of rotatable bonds is 3. The van der Waals surface area contributed by atoms with E-state index in [0.717, 1.165) is 31.2 Å². The van der Waals surface area contributed by atoms with Gasteiger partial charge in [-0.2, -0.15) is 5.10 Å². The molecule has 0 bridgehead atoms. The number of amides is 1. The van der Waals surface area contributed by atoms with Crippen LogP contribution in [0.4, 0.5) is 0 Å². The number of aromatic nitrogens is 2. The highest BCUT2D eigenvalue weighted by atomic mass is 16.1. The first kappa shape index (κ1) is 23.9. The summed E-state index contributed by atoms with van der Waals surface area (Å²) in [5.41, 5.74) is 1.44. The second-order valence-corrected chi connectivity index (χ2v) is 5.76. The Morgan fingerprint density at radius 1 is 1.17 bits per heavy atom. The Hall–Kier alpha value is -1.32. The fourth-order valence-corrected chi connectivity index (χ4v) is 2.37. The van der Waals surface area contributed by atoms with E-state index in [1.807, 2.05) is 47.7 Å². The summed E-state index contributed by atoms with van der Waals surface area (Å²) >= 11 is 0. The molecule has 4 heteroatoms. The van der Waals surface area contributed by atoms with Gasteiger partial charge in [-0.3, -0.25) is 9.89 Å². The number of hydrogen-bond donors (Lipinski definition) is 2. The maximum Gasteiger partial charge on any atom is 0.223 e. The van der Waals surface area contributed by atoms with Crippen molar-refractivity contribution in [3.05, 3.63) is 18.0 Å². The Morgan fingerprint density at radius 3 is 2.13 bits per heavy atom. The minimum absolute atomic E-state index is 0.196. The fraction of sp³-hybridized carbons (Fsp3) is 0.789. The maximum absolute atomic E-state index is 12.0. The molecule has 136 valence electrons. The summed E-state index contributed by atoms with van der Waals surface area (Å²) in [5, 5.41) is 9.58. The zero-order valence-electron chi connectivity index (χ0n) is 16.6. The minimum Gasteiger partial charge on any atom is -0.352 e. The molecule has 1 saturated carbocycles. The molecule has 2 N–H and O–H groups in total. The molecule has 1 aromatic rings. The zero-order valence-corrected chi connectivity index (χ0v) is 16.6. The monoisotopic (exact) mass is 325 g/mol. The summed E-state index contributed by atoms with van der Waals surface area (Å²) in [6.07, 6.45) is 7.89. The predicted molar refractivity (Wildman–Crippen MR) is 100 cm³/mol. The molecule has 0 aromatic carbocycles. The molecule has 0 atom stereocenters. The highest BCUT2D eigenvalue weighted by molar-refractivity contribution is 5.78. The molecule has 1 aliphatic rings. The van der Waals surface area contributed by atoms with Gasteiger partial charge in [0.2, 0.25) is 5.91 Å². The Morgan fingerprint density at radius 2 is 1.70 bits per heavy atom. The summed E-state index contributed by atoms with van der Waals surface area (Å²) in [6.45, 7) is 17.1. The van der Waals surface area contributed by atoms with Gasteiger partial charge in [-0.05, 0) is 31.1 Å². The van der Waals surface area contributed by atoms with Gasteiger partial charge in [0.1, 0.15) is 0 Å². The molecule has 2 rings (SSSR count). The van der Waals surface area contributed by atoms with E-state index in [0.29, 0.717) is 12.0 Å². The molecule has 0 radical (unpaired) electrons. The molecule has 1 aliphatic carbocycles. The second kappa shape index (κ2) is 14.3. The van der Waals surface area contributed by atoms with Gasteiger partial charge in [0.15, 0.2) is 0 Å². The predicted octanol–water partition coefficient (Wildman–Crippen LogP) is 5.32. The molecule has 1 heterocycles. The molecular weight excluding hydrogens is 286 g/mol. The van der Waals surface area contributed by atoms with E-state index < -0.39 is 0 Å². The van der Waals surface area contributed by atoms with Gasteiger partial charge in [0.05, 0.1) is 6.20 Å². The number of H-pyrrole nitrogens is 1. The summed E-state index contributed by atoms with van der Waals surface area (Å²) in [4.78, 5) is 12.0. The second-order valence-electron chi connectivity index (χ2n) is 5.76. The number of nitrogens with one attached hydrogen (secondary N) is 2. The highest BCUT2D eigenvalue weighted by Crippen LogP contribution is 2.37. The van der Waals surface area contributed by atoms with E-state index in [2.05, 4.69) is 29.4 Å². The van der Waals surface area contributed by atoms with E-state index >= 15 is 0 Å². The van der Waals surface area contributed by atoms with E-state index in [1.54, 1.807) is 6.20 Å². The van der Waals surface area contributed by atoms with Gasteiger partial charge in [0, 0.05) is 24.2 Å². The Kier molecular flexibility index (Phi) is 14.9. The van der Waals surface area contributed by atoms with Gasteiger partial charge in [-0.25, -0.2) is 0 Å². The van der Waals surface area contributed by atoms with Crippen molar-refractivity contribution >= 4 is 5.91 Å². The van der Waals surface area contributed by atoms with Gasteiger partial charge in [-0.1, -0.05) is 55.4 Å². The molecule has 0 saturated heterocycles. The highest BCUT2D eigenvalue weighted by Gasteiger charge is 2.30. The standard InChI is InChI=1S/C13H21N3O.3C2H6/c1-13(2)5-3-11(4-6-13)12(17)14-7-10-8-15-16-9-10;3*1-2/h8-9,11H,3-7H2,1-2H3,(H,14,17)(H,15,16);3*1-2H3. The topological polar surface area (TPSA) is 57.8 Å². The van der Waals surface area contributed by atoms with Gasteiger partial charge in [0.25, 0.3) is 0 Å². The Labute approximate surface area is 143 Å². The van der Waals surface area contributed by atoms with Crippen molar-refractivity contribution in [2.24, 2.45) is 11.3 Å². The molecule has 1 amide bonds.